The van der Waals surface area contributed by atoms with Gasteiger partial charge in [0.25, 0.3) is 5.56 Å². The molecule has 0 aliphatic carbocycles. The summed E-state index contributed by atoms with van der Waals surface area (Å²) in [7, 11) is 0.177. The third kappa shape index (κ3) is 2.09. The zero-order chi connectivity index (χ0) is 14.4. The number of ether oxygens (including phenoxy) is 1. The summed E-state index contributed by atoms with van der Waals surface area (Å²) in [5.41, 5.74) is -0.957. The fraction of sp³-hybridized carbons (Fsp3) is 0.600. The van der Waals surface area contributed by atoms with Gasteiger partial charge in [-0.25, -0.2) is 4.79 Å². The number of aliphatic hydroxyl groups is 3. The van der Waals surface area contributed by atoms with Crippen molar-refractivity contribution in [2.45, 2.75) is 30.6 Å². The number of rotatable bonds is 2. The third-order valence-electron chi connectivity index (χ3n) is 3.42. The Morgan fingerprint density at radius 1 is 1.53 bits per heavy atom. The summed E-state index contributed by atoms with van der Waals surface area (Å²) < 4.78 is 6.51. The van der Waals surface area contributed by atoms with Crippen LogP contribution < -0.4 is 11.2 Å². The molecule has 0 spiro atoms. The minimum absolute atomic E-state index is 0.177. The molecular formula is C10H16N2O6Si. The Morgan fingerprint density at radius 2 is 2.16 bits per heavy atom. The van der Waals surface area contributed by atoms with Crippen molar-refractivity contribution in [2.24, 2.45) is 0 Å². The van der Waals surface area contributed by atoms with Crippen molar-refractivity contribution in [1.29, 1.82) is 0 Å². The van der Waals surface area contributed by atoms with Gasteiger partial charge in [0.15, 0.2) is 5.35 Å². The van der Waals surface area contributed by atoms with Gasteiger partial charge in [-0.05, 0) is 6.92 Å². The van der Waals surface area contributed by atoms with Gasteiger partial charge in [0.1, 0.15) is 18.3 Å². The van der Waals surface area contributed by atoms with Crippen molar-refractivity contribution in [3.8, 4) is 0 Å². The number of aryl methyl sites for hydroxylation is 1. The van der Waals surface area contributed by atoms with Crippen molar-refractivity contribution in [1.82, 2.24) is 9.55 Å². The van der Waals surface area contributed by atoms with Crippen LogP contribution in [0.2, 0.25) is 0 Å². The Labute approximate surface area is 110 Å². The molecule has 2 heterocycles. The zero-order valence-corrected chi connectivity index (χ0v) is 12.5. The minimum Gasteiger partial charge on any atom is -0.394 e. The van der Waals surface area contributed by atoms with E-state index in [2.05, 4.69) is 4.98 Å². The van der Waals surface area contributed by atoms with Crippen LogP contribution in [0.3, 0.4) is 0 Å². The molecule has 1 saturated heterocycles. The highest BCUT2D eigenvalue weighted by molar-refractivity contribution is 6.13. The molecule has 1 aliphatic heterocycles. The number of aromatic amines is 1. The molecule has 2 rings (SSSR count). The average Bonchev–Trinajstić information content (AvgIpc) is 2.59. The first-order valence-electron chi connectivity index (χ1n) is 5.79. The lowest BCUT2D eigenvalue weighted by Gasteiger charge is -2.30. The summed E-state index contributed by atoms with van der Waals surface area (Å²) in [5, 5.41) is 27.5. The van der Waals surface area contributed by atoms with Crippen molar-refractivity contribution < 1.29 is 20.1 Å². The van der Waals surface area contributed by atoms with Gasteiger partial charge in [-0.3, -0.25) is 14.3 Å². The number of hydrogen-bond acceptors (Lipinski definition) is 6. The molecule has 8 nitrogen and oxygen atoms in total. The molecule has 1 aromatic heterocycles. The van der Waals surface area contributed by atoms with Crippen LogP contribution in [0.4, 0.5) is 0 Å². The Kier molecular flexibility index (Phi) is 3.49. The third-order valence-corrected chi connectivity index (χ3v) is 4.73. The number of hydrogen-bond donors (Lipinski definition) is 4. The molecule has 0 radical (unpaired) electrons. The molecule has 106 valence electrons. The van der Waals surface area contributed by atoms with Crippen molar-refractivity contribution in [2.75, 3.05) is 6.61 Å². The monoisotopic (exact) mass is 288 g/mol. The molecule has 0 unspecified atom stereocenters. The normalized spacial score (nSPS) is 34.8. The molecule has 1 aromatic rings. The standard InChI is InChI=1S/C10H16N2O6Si/c1-4-2-12(9(17)11-8(4)16)10(19)7(15)6(14)5(3-13)18-10/h2,5-7,13-15H,3H2,1,19H3,(H,11,16,17)/t5-,6-,7-,10+/m1/s1. The summed E-state index contributed by atoms with van der Waals surface area (Å²) in [6, 6.07) is 0. The number of H-pyrrole nitrogens is 1. The Bertz CT molecular complexity index is 598. The lowest BCUT2D eigenvalue weighted by atomic mass is 10.1. The van der Waals surface area contributed by atoms with E-state index in [1.165, 1.54) is 13.1 Å². The van der Waals surface area contributed by atoms with Crippen molar-refractivity contribution in [3.05, 3.63) is 32.6 Å². The van der Waals surface area contributed by atoms with Gasteiger partial charge in [0, 0.05) is 11.8 Å². The molecule has 0 bridgehead atoms. The molecule has 0 aromatic carbocycles. The van der Waals surface area contributed by atoms with E-state index in [1.807, 2.05) is 0 Å². The van der Waals surface area contributed by atoms with Gasteiger partial charge in [0.05, 0.1) is 16.8 Å². The van der Waals surface area contributed by atoms with E-state index in [1.54, 1.807) is 0 Å². The number of nitrogens with one attached hydrogen (secondary N) is 1. The highest BCUT2D eigenvalue weighted by atomic mass is 28.1. The highest BCUT2D eigenvalue weighted by Crippen LogP contribution is 2.31. The van der Waals surface area contributed by atoms with Gasteiger partial charge in [-0.15, -0.1) is 0 Å². The van der Waals surface area contributed by atoms with Gasteiger partial charge in [0.2, 0.25) is 0 Å². The van der Waals surface area contributed by atoms with E-state index in [0.717, 1.165) is 4.57 Å². The molecule has 0 saturated carbocycles. The maximum atomic E-state index is 11.8. The summed E-state index contributed by atoms with van der Waals surface area (Å²) in [5.74, 6) is 0. The minimum atomic E-state index is -1.42. The Morgan fingerprint density at radius 3 is 2.68 bits per heavy atom. The fourth-order valence-electron chi connectivity index (χ4n) is 2.21. The molecule has 4 atom stereocenters. The van der Waals surface area contributed by atoms with Gasteiger partial charge in [-0.1, -0.05) is 0 Å². The van der Waals surface area contributed by atoms with Crippen LogP contribution in [0.1, 0.15) is 5.56 Å². The second-order valence-electron chi connectivity index (χ2n) is 4.77. The summed E-state index contributed by atoms with van der Waals surface area (Å²) in [4.78, 5) is 25.3. The van der Waals surface area contributed by atoms with E-state index in [-0.39, 0.29) is 15.8 Å². The lowest BCUT2D eigenvalue weighted by Crippen LogP contribution is -2.52. The van der Waals surface area contributed by atoms with Crippen LogP contribution in [0.5, 0.6) is 0 Å². The molecule has 4 N–H and O–H groups in total. The van der Waals surface area contributed by atoms with Crippen LogP contribution in [-0.2, 0) is 10.1 Å². The molecule has 0 amide bonds. The number of nitrogens with zero attached hydrogens (tertiary/aromatic N) is 1. The van der Waals surface area contributed by atoms with Crippen LogP contribution in [0.15, 0.2) is 15.8 Å². The smallest absolute Gasteiger partial charge is 0.330 e. The maximum Gasteiger partial charge on any atom is 0.330 e. The van der Waals surface area contributed by atoms with Crippen LogP contribution in [-0.4, -0.2) is 60.0 Å². The van der Waals surface area contributed by atoms with Crippen molar-refractivity contribution >= 4 is 10.2 Å². The second-order valence-corrected chi connectivity index (χ2v) is 6.20. The topological polar surface area (TPSA) is 125 Å². The van der Waals surface area contributed by atoms with Crippen molar-refractivity contribution in [3.63, 3.8) is 0 Å². The molecule has 1 fully saturated rings. The predicted molar refractivity (Wildman–Crippen MR) is 67.9 cm³/mol. The molecule has 9 heteroatoms. The number of aromatic nitrogens is 2. The second kappa shape index (κ2) is 4.69. The fourth-order valence-corrected chi connectivity index (χ4v) is 3.18. The van der Waals surface area contributed by atoms with Gasteiger partial charge < -0.3 is 20.1 Å². The molecular weight excluding hydrogens is 272 g/mol. The first-order valence-corrected chi connectivity index (χ1v) is 6.79. The van der Waals surface area contributed by atoms with E-state index < -0.39 is 41.5 Å². The van der Waals surface area contributed by atoms with Gasteiger partial charge in [-0.2, -0.15) is 0 Å². The van der Waals surface area contributed by atoms with Crippen LogP contribution in [0, 0.1) is 6.92 Å². The lowest BCUT2D eigenvalue weighted by molar-refractivity contribution is -0.0890. The predicted octanol–water partition coefficient (Wildman–Crippen LogP) is -4.07. The Hall–Kier alpha value is -1.26. The van der Waals surface area contributed by atoms with E-state index >= 15 is 0 Å². The summed E-state index contributed by atoms with van der Waals surface area (Å²) >= 11 is 0. The van der Waals surface area contributed by atoms with E-state index in [9.17, 15) is 19.8 Å². The van der Waals surface area contributed by atoms with E-state index in [4.69, 9.17) is 9.84 Å². The largest absolute Gasteiger partial charge is 0.394 e. The van der Waals surface area contributed by atoms with Crippen LogP contribution >= 0.6 is 0 Å². The maximum absolute atomic E-state index is 11.8. The van der Waals surface area contributed by atoms with E-state index in [0.29, 0.717) is 0 Å². The highest BCUT2D eigenvalue weighted by Gasteiger charge is 2.52. The quantitative estimate of drug-likeness (QED) is 0.410. The zero-order valence-electron chi connectivity index (χ0n) is 10.5. The number of aliphatic hydroxyl groups excluding tert-OH is 3. The Balaban J connectivity index is 2.55. The molecule has 19 heavy (non-hydrogen) atoms. The molecule has 1 aliphatic rings. The summed E-state index contributed by atoms with van der Waals surface area (Å²) in [6.07, 6.45) is -2.32. The first kappa shape index (κ1) is 14.2. The van der Waals surface area contributed by atoms with Gasteiger partial charge >= 0.3 is 5.69 Å². The average molecular weight is 288 g/mol. The van der Waals surface area contributed by atoms with Crippen LogP contribution in [0.25, 0.3) is 0 Å². The summed E-state index contributed by atoms with van der Waals surface area (Å²) in [6.45, 7) is 1.04. The first-order chi connectivity index (χ1) is 8.81. The SMILES string of the molecule is Cc1cn([C@]2([SiH3])O[C@H](CO)[C@@H](O)[C@H]2O)c(=O)[nH]c1=O.